The summed E-state index contributed by atoms with van der Waals surface area (Å²) < 4.78 is 11.0. The SMILES string of the molecule is CC(C)(C)OC(=O)N(c1ccc2[nH]ncc2c1)c1ccnc(-c2cccc(NC(=O)N3CCOCC3)c2)n1. The first-order valence-corrected chi connectivity index (χ1v) is 12.3. The van der Waals surface area contributed by atoms with Gasteiger partial charge in [-0.3, -0.25) is 5.10 Å². The predicted octanol–water partition coefficient (Wildman–Crippen LogP) is 4.96. The van der Waals surface area contributed by atoms with E-state index in [1.54, 1.807) is 41.6 Å². The molecule has 11 nitrogen and oxygen atoms in total. The Hall–Kier alpha value is -4.51. The number of fused-ring (bicyclic) bond motifs is 1. The van der Waals surface area contributed by atoms with Crippen molar-refractivity contribution in [3.63, 3.8) is 0 Å². The van der Waals surface area contributed by atoms with Crippen molar-refractivity contribution in [3.8, 4) is 11.4 Å². The van der Waals surface area contributed by atoms with Gasteiger partial charge in [-0.25, -0.2) is 24.5 Å². The summed E-state index contributed by atoms with van der Waals surface area (Å²) in [5, 5.41) is 10.7. The van der Waals surface area contributed by atoms with E-state index in [9.17, 15) is 9.59 Å². The summed E-state index contributed by atoms with van der Waals surface area (Å²) >= 11 is 0. The third-order valence-electron chi connectivity index (χ3n) is 5.80. The van der Waals surface area contributed by atoms with E-state index in [4.69, 9.17) is 14.5 Å². The molecule has 1 aliphatic rings. The first-order chi connectivity index (χ1) is 18.3. The average Bonchev–Trinajstić information content (AvgIpc) is 3.37. The Morgan fingerprint density at radius 2 is 1.92 bits per heavy atom. The first kappa shape index (κ1) is 25.2. The standard InChI is InChI=1S/C27H29N7O4/c1-27(2,3)38-26(36)34(21-7-8-22-19(16-21)17-29-32-22)23-9-10-28-24(31-23)18-5-4-6-20(15-18)30-25(35)33-11-13-37-14-12-33/h4-10,15-17H,11-14H2,1-3H3,(H,29,32)(H,30,35). The summed E-state index contributed by atoms with van der Waals surface area (Å²) in [6, 6.07) is 14.2. The number of carbonyl (C=O) groups excluding carboxylic acids is 2. The van der Waals surface area contributed by atoms with Crippen LogP contribution in [0.2, 0.25) is 0 Å². The Labute approximate surface area is 219 Å². The maximum Gasteiger partial charge on any atom is 0.420 e. The second-order valence-electron chi connectivity index (χ2n) is 9.81. The van der Waals surface area contributed by atoms with Crippen molar-refractivity contribution in [2.75, 3.05) is 36.5 Å². The molecule has 0 spiro atoms. The van der Waals surface area contributed by atoms with Crippen LogP contribution in [0.3, 0.4) is 0 Å². The number of urea groups is 1. The van der Waals surface area contributed by atoms with Crippen molar-refractivity contribution in [3.05, 3.63) is 60.9 Å². The van der Waals surface area contributed by atoms with Crippen molar-refractivity contribution >= 4 is 40.2 Å². The van der Waals surface area contributed by atoms with Crippen LogP contribution in [-0.2, 0) is 9.47 Å². The van der Waals surface area contributed by atoms with E-state index in [1.807, 2.05) is 45.0 Å². The Kier molecular flexibility index (Phi) is 6.93. The minimum absolute atomic E-state index is 0.189. The molecule has 11 heteroatoms. The molecule has 38 heavy (non-hydrogen) atoms. The summed E-state index contributed by atoms with van der Waals surface area (Å²) in [5.41, 5.74) is 2.00. The minimum atomic E-state index is -0.710. The van der Waals surface area contributed by atoms with E-state index in [-0.39, 0.29) is 6.03 Å². The monoisotopic (exact) mass is 515 g/mol. The van der Waals surface area contributed by atoms with E-state index in [0.717, 1.165) is 10.9 Å². The maximum absolute atomic E-state index is 13.4. The molecule has 0 aliphatic carbocycles. The number of benzene rings is 2. The average molecular weight is 516 g/mol. The van der Waals surface area contributed by atoms with Gasteiger partial charge in [0.15, 0.2) is 5.82 Å². The van der Waals surface area contributed by atoms with Gasteiger partial charge < -0.3 is 19.7 Å². The lowest BCUT2D eigenvalue weighted by molar-refractivity contribution is 0.0564. The van der Waals surface area contributed by atoms with E-state index in [2.05, 4.69) is 20.5 Å². The van der Waals surface area contributed by atoms with Gasteiger partial charge in [0.05, 0.1) is 30.6 Å². The molecular formula is C27H29N7O4. The van der Waals surface area contributed by atoms with Crippen LogP contribution in [0.5, 0.6) is 0 Å². The lowest BCUT2D eigenvalue weighted by atomic mass is 10.2. The smallest absolute Gasteiger partial charge is 0.420 e. The molecule has 0 saturated carbocycles. The quantitative estimate of drug-likeness (QED) is 0.394. The molecule has 2 N–H and O–H groups in total. The number of hydrogen-bond donors (Lipinski definition) is 2. The number of ether oxygens (including phenoxy) is 2. The highest BCUT2D eigenvalue weighted by Gasteiger charge is 2.27. The number of carbonyl (C=O) groups is 2. The fourth-order valence-electron chi connectivity index (χ4n) is 4.03. The van der Waals surface area contributed by atoms with Crippen molar-refractivity contribution < 1.29 is 19.1 Å². The highest BCUT2D eigenvalue weighted by Crippen LogP contribution is 2.30. The van der Waals surface area contributed by atoms with Crippen LogP contribution in [-0.4, -0.2) is 69.1 Å². The number of morpholine rings is 1. The number of aromatic amines is 1. The molecular weight excluding hydrogens is 486 g/mol. The molecule has 2 aromatic carbocycles. The number of amides is 3. The molecule has 4 aromatic rings. The van der Waals surface area contributed by atoms with E-state index >= 15 is 0 Å². The Morgan fingerprint density at radius 1 is 1.11 bits per heavy atom. The van der Waals surface area contributed by atoms with Gasteiger partial charge in [0.25, 0.3) is 0 Å². The number of aromatic nitrogens is 4. The molecule has 5 rings (SSSR count). The van der Waals surface area contributed by atoms with Gasteiger partial charge >= 0.3 is 12.1 Å². The number of hydrogen-bond acceptors (Lipinski definition) is 7. The van der Waals surface area contributed by atoms with Gasteiger partial charge in [-0.1, -0.05) is 12.1 Å². The van der Waals surface area contributed by atoms with Crippen LogP contribution in [0.1, 0.15) is 20.8 Å². The number of nitrogens with zero attached hydrogens (tertiary/aromatic N) is 5. The van der Waals surface area contributed by atoms with E-state index in [1.165, 1.54) is 4.90 Å². The second-order valence-corrected chi connectivity index (χ2v) is 9.81. The molecule has 1 fully saturated rings. The minimum Gasteiger partial charge on any atom is -0.443 e. The largest absolute Gasteiger partial charge is 0.443 e. The molecule has 2 aromatic heterocycles. The van der Waals surface area contributed by atoms with Crippen LogP contribution >= 0.6 is 0 Å². The summed E-state index contributed by atoms with van der Waals surface area (Å²) in [6.45, 7) is 7.56. The van der Waals surface area contributed by atoms with Gasteiger partial charge in [0.1, 0.15) is 11.4 Å². The molecule has 3 heterocycles. The Morgan fingerprint density at radius 3 is 2.71 bits per heavy atom. The number of anilines is 3. The Balaban J connectivity index is 1.46. The Bertz CT molecular complexity index is 1460. The molecule has 3 amide bonds. The first-order valence-electron chi connectivity index (χ1n) is 12.3. The molecule has 196 valence electrons. The fourth-order valence-corrected chi connectivity index (χ4v) is 4.03. The van der Waals surface area contributed by atoms with Crippen molar-refractivity contribution in [2.24, 2.45) is 0 Å². The van der Waals surface area contributed by atoms with Crippen molar-refractivity contribution in [1.29, 1.82) is 0 Å². The normalized spacial score (nSPS) is 13.8. The molecule has 0 radical (unpaired) electrons. The predicted molar refractivity (Wildman–Crippen MR) is 143 cm³/mol. The molecule has 0 unspecified atom stereocenters. The van der Waals surface area contributed by atoms with E-state index < -0.39 is 11.7 Å². The topological polar surface area (TPSA) is 126 Å². The second kappa shape index (κ2) is 10.5. The van der Waals surface area contributed by atoms with Crippen LogP contribution in [0, 0.1) is 0 Å². The molecule has 1 aliphatic heterocycles. The fraction of sp³-hybridized carbons (Fsp3) is 0.296. The maximum atomic E-state index is 13.4. The van der Waals surface area contributed by atoms with Crippen LogP contribution in [0.15, 0.2) is 60.9 Å². The van der Waals surface area contributed by atoms with Crippen molar-refractivity contribution in [1.82, 2.24) is 25.1 Å². The van der Waals surface area contributed by atoms with Gasteiger partial charge in [0.2, 0.25) is 0 Å². The number of H-pyrrole nitrogens is 1. The zero-order chi connectivity index (χ0) is 26.7. The van der Waals surface area contributed by atoms with Crippen LogP contribution in [0.4, 0.5) is 26.8 Å². The van der Waals surface area contributed by atoms with E-state index in [0.29, 0.717) is 54.9 Å². The summed E-state index contributed by atoms with van der Waals surface area (Å²) in [6.07, 6.45) is 2.70. The van der Waals surface area contributed by atoms with Gasteiger partial charge in [-0.05, 0) is 57.2 Å². The van der Waals surface area contributed by atoms with Gasteiger partial charge in [-0.15, -0.1) is 0 Å². The molecule has 0 bridgehead atoms. The summed E-state index contributed by atoms with van der Waals surface area (Å²) in [5.74, 6) is 0.734. The summed E-state index contributed by atoms with van der Waals surface area (Å²) in [4.78, 5) is 38.3. The number of nitrogens with one attached hydrogen (secondary N) is 2. The van der Waals surface area contributed by atoms with Gasteiger partial charge in [-0.2, -0.15) is 5.10 Å². The lowest BCUT2D eigenvalue weighted by Gasteiger charge is -2.27. The third-order valence-corrected chi connectivity index (χ3v) is 5.80. The summed E-state index contributed by atoms with van der Waals surface area (Å²) in [7, 11) is 0. The highest BCUT2D eigenvalue weighted by atomic mass is 16.6. The van der Waals surface area contributed by atoms with Crippen molar-refractivity contribution in [2.45, 2.75) is 26.4 Å². The zero-order valence-electron chi connectivity index (χ0n) is 21.5. The zero-order valence-corrected chi connectivity index (χ0v) is 21.5. The molecule has 0 atom stereocenters. The number of rotatable bonds is 4. The van der Waals surface area contributed by atoms with Gasteiger partial charge in [0, 0.05) is 35.9 Å². The third kappa shape index (κ3) is 5.73. The lowest BCUT2D eigenvalue weighted by Crippen LogP contribution is -2.43. The van der Waals surface area contributed by atoms with Crippen LogP contribution < -0.4 is 10.2 Å². The highest BCUT2D eigenvalue weighted by molar-refractivity contribution is 5.97. The molecule has 1 saturated heterocycles. The van der Waals surface area contributed by atoms with Crippen LogP contribution in [0.25, 0.3) is 22.3 Å².